The lowest BCUT2D eigenvalue weighted by atomic mass is 10.1. The maximum absolute atomic E-state index is 9.58. The van der Waals surface area contributed by atoms with Crippen LogP contribution in [0.3, 0.4) is 0 Å². The molecule has 3 nitrogen and oxygen atoms in total. The minimum atomic E-state index is -0.514. The average molecular weight is 190 g/mol. The second-order valence-electron chi connectivity index (χ2n) is 3.65. The van der Waals surface area contributed by atoms with Gasteiger partial charge in [0, 0.05) is 12.4 Å². The van der Waals surface area contributed by atoms with Crippen molar-refractivity contribution < 1.29 is 5.11 Å². The third kappa shape index (κ3) is 1.21. The monoisotopic (exact) mass is 190 g/mol. The molecule has 1 heterocycles. The molecular weight excluding hydrogens is 176 g/mol. The lowest BCUT2D eigenvalue weighted by Crippen LogP contribution is -1.95. The number of aliphatic hydroxyl groups is 1. The molecule has 2 aromatic rings. The lowest BCUT2D eigenvalue weighted by Gasteiger charge is -2.01. The Morgan fingerprint density at radius 1 is 1.43 bits per heavy atom. The molecule has 1 aromatic heterocycles. The second-order valence-corrected chi connectivity index (χ2v) is 3.65. The molecule has 1 N–H and O–H groups in total. The molecule has 0 spiro atoms. The molecule has 3 heteroatoms. The first-order chi connectivity index (χ1) is 6.61. The SMILES string of the molecule is Cc1cccc2c1c(C(C)O)nn2C. The molecule has 1 unspecified atom stereocenters. The van der Waals surface area contributed by atoms with Crippen LogP contribution in [0.15, 0.2) is 18.2 Å². The largest absolute Gasteiger partial charge is 0.387 e. The summed E-state index contributed by atoms with van der Waals surface area (Å²) in [6.45, 7) is 3.78. The highest BCUT2D eigenvalue weighted by molar-refractivity contribution is 5.85. The number of fused-ring (bicyclic) bond motifs is 1. The highest BCUT2D eigenvalue weighted by atomic mass is 16.3. The molecule has 0 amide bonds. The minimum Gasteiger partial charge on any atom is -0.387 e. The summed E-state index contributed by atoms with van der Waals surface area (Å²) < 4.78 is 1.81. The van der Waals surface area contributed by atoms with Crippen molar-refractivity contribution in [2.24, 2.45) is 7.05 Å². The van der Waals surface area contributed by atoms with E-state index in [1.807, 2.05) is 36.9 Å². The van der Waals surface area contributed by atoms with Crippen molar-refractivity contribution in [1.29, 1.82) is 0 Å². The Balaban J connectivity index is 2.86. The van der Waals surface area contributed by atoms with E-state index in [1.165, 1.54) is 0 Å². The van der Waals surface area contributed by atoms with E-state index in [2.05, 4.69) is 5.10 Å². The zero-order valence-corrected chi connectivity index (χ0v) is 8.65. The standard InChI is InChI=1S/C11H14N2O/c1-7-5-4-6-9-10(7)11(8(2)14)12-13(9)3/h4-6,8,14H,1-3H3. The number of aryl methyl sites for hydroxylation is 2. The van der Waals surface area contributed by atoms with E-state index in [-0.39, 0.29) is 0 Å². The van der Waals surface area contributed by atoms with Crippen molar-refractivity contribution >= 4 is 10.9 Å². The summed E-state index contributed by atoms with van der Waals surface area (Å²) in [5, 5.41) is 15.0. The number of aromatic nitrogens is 2. The quantitative estimate of drug-likeness (QED) is 0.746. The molecule has 1 atom stereocenters. The highest BCUT2D eigenvalue weighted by Gasteiger charge is 2.13. The third-order valence-electron chi connectivity index (χ3n) is 2.51. The van der Waals surface area contributed by atoms with Gasteiger partial charge in [0.15, 0.2) is 0 Å². The van der Waals surface area contributed by atoms with Crippen molar-refractivity contribution in [2.75, 3.05) is 0 Å². The number of rotatable bonds is 1. The normalized spacial score (nSPS) is 13.4. The molecule has 0 bridgehead atoms. The summed E-state index contributed by atoms with van der Waals surface area (Å²) in [5.74, 6) is 0. The summed E-state index contributed by atoms with van der Waals surface area (Å²) in [6.07, 6.45) is -0.514. The summed E-state index contributed by atoms with van der Waals surface area (Å²) in [7, 11) is 1.90. The maximum Gasteiger partial charge on any atom is 0.0988 e. The Bertz CT molecular complexity index is 471. The molecule has 0 saturated carbocycles. The molecule has 0 aliphatic heterocycles. The zero-order chi connectivity index (χ0) is 10.3. The number of benzene rings is 1. The maximum atomic E-state index is 9.58. The van der Waals surface area contributed by atoms with Gasteiger partial charge in [-0.05, 0) is 25.5 Å². The van der Waals surface area contributed by atoms with E-state index in [9.17, 15) is 5.11 Å². The van der Waals surface area contributed by atoms with Gasteiger partial charge in [-0.15, -0.1) is 0 Å². The van der Waals surface area contributed by atoms with Crippen molar-refractivity contribution in [3.63, 3.8) is 0 Å². The van der Waals surface area contributed by atoms with Crippen LogP contribution in [0.2, 0.25) is 0 Å². The van der Waals surface area contributed by atoms with Gasteiger partial charge < -0.3 is 5.11 Å². The Kier molecular flexibility index (Phi) is 2.04. The number of hydrogen-bond acceptors (Lipinski definition) is 2. The van der Waals surface area contributed by atoms with Crippen molar-refractivity contribution in [1.82, 2.24) is 9.78 Å². The Labute approximate surface area is 83.0 Å². The van der Waals surface area contributed by atoms with Crippen LogP contribution in [0.1, 0.15) is 24.3 Å². The first-order valence-corrected chi connectivity index (χ1v) is 4.71. The van der Waals surface area contributed by atoms with E-state index in [4.69, 9.17) is 0 Å². The fraction of sp³-hybridized carbons (Fsp3) is 0.364. The molecule has 74 valence electrons. The predicted octanol–water partition coefficient (Wildman–Crippen LogP) is 1.94. The summed E-state index contributed by atoms with van der Waals surface area (Å²) in [5.41, 5.74) is 2.99. The first-order valence-electron chi connectivity index (χ1n) is 4.71. The minimum absolute atomic E-state index is 0.514. The molecule has 1 aromatic carbocycles. The molecule has 0 fully saturated rings. The lowest BCUT2D eigenvalue weighted by molar-refractivity contribution is 0.195. The van der Waals surface area contributed by atoms with Crippen molar-refractivity contribution in [3.8, 4) is 0 Å². The smallest absolute Gasteiger partial charge is 0.0988 e. The summed E-state index contributed by atoms with van der Waals surface area (Å²) in [4.78, 5) is 0. The van der Waals surface area contributed by atoms with Gasteiger partial charge in [-0.3, -0.25) is 4.68 Å². The number of aliphatic hydroxyl groups excluding tert-OH is 1. The predicted molar refractivity (Wildman–Crippen MR) is 56.1 cm³/mol. The highest BCUT2D eigenvalue weighted by Crippen LogP contribution is 2.25. The van der Waals surface area contributed by atoms with Crippen LogP contribution in [0, 0.1) is 6.92 Å². The van der Waals surface area contributed by atoms with E-state index >= 15 is 0 Å². The molecule has 0 aliphatic rings. The van der Waals surface area contributed by atoms with Crippen LogP contribution >= 0.6 is 0 Å². The van der Waals surface area contributed by atoms with E-state index < -0.39 is 6.10 Å². The van der Waals surface area contributed by atoms with Crippen LogP contribution in [0.5, 0.6) is 0 Å². The molecule has 0 aliphatic carbocycles. The molecule has 2 rings (SSSR count). The van der Waals surface area contributed by atoms with Gasteiger partial charge in [0.2, 0.25) is 0 Å². The summed E-state index contributed by atoms with van der Waals surface area (Å²) >= 11 is 0. The Morgan fingerprint density at radius 2 is 2.14 bits per heavy atom. The number of hydrogen-bond donors (Lipinski definition) is 1. The molecule has 0 radical (unpaired) electrons. The van der Waals surface area contributed by atoms with Crippen LogP contribution in [0.4, 0.5) is 0 Å². The Hall–Kier alpha value is -1.35. The zero-order valence-electron chi connectivity index (χ0n) is 8.65. The molecular formula is C11H14N2O. The number of nitrogens with zero attached hydrogens (tertiary/aromatic N) is 2. The van der Waals surface area contributed by atoms with E-state index in [0.717, 1.165) is 22.2 Å². The summed E-state index contributed by atoms with van der Waals surface area (Å²) in [6, 6.07) is 6.06. The van der Waals surface area contributed by atoms with Gasteiger partial charge in [0.1, 0.15) is 0 Å². The van der Waals surface area contributed by atoms with Crippen molar-refractivity contribution in [2.45, 2.75) is 20.0 Å². The van der Waals surface area contributed by atoms with Gasteiger partial charge in [-0.2, -0.15) is 5.10 Å². The van der Waals surface area contributed by atoms with Gasteiger partial charge in [0.05, 0.1) is 17.3 Å². The van der Waals surface area contributed by atoms with Crippen molar-refractivity contribution in [3.05, 3.63) is 29.5 Å². The van der Waals surface area contributed by atoms with E-state index in [1.54, 1.807) is 6.92 Å². The van der Waals surface area contributed by atoms with Gasteiger partial charge in [-0.25, -0.2) is 0 Å². The fourth-order valence-corrected chi connectivity index (χ4v) is 1.81. The van der Waals surface area contributed by atoms with Gasteiger partial charge >= 0.3 is 0 Å². The van der Waals surface area contributed by atoms with Crippen LogP contribution < -0.4 is 0 Å². The first kappa shape index (κ1) is 9.21. The van der Waals surface area contributed by atoms with Crippen LogP contribution in [-0.2, 0) is 7.05 Å². The third-order valence-corrected chi connectivity index (χ3v) is 2.51. The van der Waals surface area contributed by atoms with E-state index in [0.29, 0.717) is 0 Å². The average Bonchev–Trinajstić information content (AvgIpc) is 2.46. The Morgan fingerprint density at radius 3 is 2.79 bits per heavy atom. The van der Waals surface area contributed by atoms with Crippen LogP contribution in [-0.4, -0.2) is 14.9 Å². The molecule has 0 saturated heterocycles. The molecule has 14 heavy (non-hydrogen) atoms. The van der Waals surface area contributed by atoms with Crippen LogP contribution in [0.25, 0.3) is 10.9 Å². The second kappa shape index (κ2) is 3.10. The topological polar surface area (TPSA) is 38.1 Å². The van der Waals surface area contributed by atoms with Gasteiger partial charge in [-0.1, -0.05) is 12.1 Å². The van der Waals surface area contributed by atoms with Gasteiger partial charge in [0.25, 0.3) is 0 Å². The fourth-order valence-electron chi connectivity index (χ4n) is 1.81.